The lowest BCUT2D eigenvalue weighted by Crippen LogP contribution is -2.32. The quantitative estimate of drug-likeness (QED) is 0.549. The third-order valence-corrected chi connectivity index (χ3v) is 6.94. The number of fused-ring (bicyclic) bond motifs is 5. The standard InChI is InChI=1S/C22H23N5O2S/c1-13-3-6-15(7-4-13)10-23-18(28)11-27-22(29)26-12-24-21-19(20(26)25-27)16-8-5-14(2)9-17(16)30-21/h3-4,6-7,12,14H,5,8-11H2,1-2H3,(H,23,28)/t14-/m0/s1. The molecule has 0 bridgehead atoms. The Morgan fingerprint density at radius 1 is 1.30 bits per heavy atom. The molecular formula is C22H23N5O2S. The number of carbonyl (C=O) groups is 1. The summed E-state index contributed by atoms with van der Waals surface area (Å²) < 4.78 is 2.69. The van der Waals surface area contributed by atoms with Crippen LogP contribution in [0.25, 0.3) is 15.9 Å². The molecule has 0 radical (unpaired) electrons. The van der Waals surface area contributed by atoms with E-state index in [2.05, 4.69) is 22.3 Å². The molecule has 1 aliphatic carbocycles. The zero-order valence-electron chi connectivity index (χ0n) is 17.0. The molecule has 0 spiro atoms. The zero-order chi connectivity index (χ0) is 20.8. The van der Waals surface area contributed by atoms with E-state index in [4.69, 9.17) is 0 Å². The Morgan fingerprint density at radius 2 is 2.10 bits per heavy atom. The first-order valence-electron chi connectivity index (χ1n) is 10.2. The largest absolute Gasteiger partial charge is 0.352 e. The molecule has 3 aromatic heterocycles. The normalized spacial score (nSPS) is 16.1. The van der Waals surface area contributed by atoms with Crippen LogP contribution in [0.2, 0.25) is 0 Å². The average Bonchev–Trinajstić information content (AvgIpc) is 3.24. The second-order valence-electron chi connectivity index (χ2n) is 8.17. The van der Waals surface area contributed by atoms with E-state index < -0.39 is 0 Å². The Hall–Kier alpha value is -3.00. The van der Waals surface area contributed by atoms with Gasteiger partial charge in [0.25, 0.3) is 0 Å². The number of aromatic nitrogens is 4. The Labute approximate surface area is 177 Å². The van der Waals surface area contributed by atoms with Gasteiger partial charge in [0.15, 0.2) is 5.65 Å². The van der Waals surface area contributed by atoms with Crippen molar-refractivity contribution in [3.05, 3.63) is 62.6 Å². The fourth-order valence-corrected chi connectivity index (χ4v) is 5.41. The van der Waals surface area contributed by atoms with E-state index in [0.717, 1.165) is 35.0 Å². The molecule has 1 N–H and O–H groups in total. The van der Waals surface area contributed by atoms with Crippen LogP contribution in [0, 0.1) is 12.8 Å². The molecule has 0 fully saturated rings. The van der Waals surface area contributed by atoms with E-state index in [1.807, 2.05) is 31.2 Å². The number of nitrogens with zero attached hydrogens (tertiary/aromatic N) is 4. The van der Waals surface area contributed by atoms with Crippen molar-refractivity contribution in [3.63, 3.8) is 0 Å². The van der Waals surface area contributed by atoms with Crippen molar-refractivity contribution in [1.29, 1.82) is 0 Å². The SMILES string of the molecule is Cc1ccc(CNC(=O)Cn2nc3c4c5c(sc4ncn3c2=O)C[C@@H](C)CC5)cc1. The van der Waals surface area contributed by atoms with Crippen LogP contribution in [0.4, 0.5) is 0 Å². The minimum absolute atomic E-state index is 0.114. The van der Waals surface area contributed by atoms with E-state index in [0.29, 0.717) is 18.1 Å². The number of hydrogen-bond donors (Lipinski definition) is 1. The Morgan fingerprint density at radius 3 is 2.90 bits per heavy atom. The fourth-order valence-electron chi connectivity index (χ4n) is 4.06. The van der Waals surface area contributed by atoms with Crippen LogP contribution in [0.1, 0.15) is 34.9 Å². The van der Waals surface area contributed by atoms with Crippen molar-refractivity contribution in [2.75, 3.05) is 0 Å². The maximum Gasteiger partial charge on any atom is 0.352 e. The van der Waals surface area contributed by atoms with Crippen molar-refractivity contribution >= 4 is 33.1 Å². The number of thiophene rings is 1. The summed E-state index contributed by atoms with van der Waals surface area (Å²) >= 11 is 1.70. The molecule has 30 heavy (non-hydrogen) atoms. The molecule has 0 unspecified atom stereocenters. The molecule has 7 nitrogen and oxygen atoms in total. The van der Waals surface area contributed by atoms with Gasteiger partial charge >= 0.3 is 5.69 Å². The summed E-state index contributed by atoms with van der Waals surface area (Å²) in [5.41, 5.74) is 3.72. The molecule has 1 aliphatic rings. The van der Waals surface area contributed by atoms with Gasteiger partial charge in [0.1, 0.15) is 17.7 Å². The smallest absolute Gasteiger partial charge is 0.350 e. The first-order valence-corrected chi connectivity index (χ1v) is 11.0. The number of aryl methyl sites for hydroxylation is 2. The summed E-state index contributed by atoms with van der Waals surface area (Å²) in [5.74, 6) is 0.421. The third kappa shape index (κ3) is 3.31. The van der Waals surface area contributed by atoms with Crippen LogP contribution in [0.3, 0.4) is 0 Å². The highest BCUT2D eigenvalue weighted by molar-refractivity contribution is 7.19. The highest BCUT2D eigenvalue weighted by Crippen LogP contribution is 2.38. The molecule has 5 rings (SSSR count). The van der Waals surface area contributed by atoms with Crippen molar-refractivity contribution in [2.45, 2.75) is 46.2 Å². The van der Waals surface area contributed by atoms with Crippen LogP contribution in [0.15, 0.2) is 35.4 Å². The summed E-state index contributed by atoms with van der Waals surface area (Å²) in [7, 11) is 0. The van der Waals surface area contributed by atoms with Crippen molar-refractivity contribution in [1.82, 2.24) is 24.5 Å². The second-order valence-corrected chi connectivity index (χ2v) is 9.26. The Bertz CT molecular complexity index is 1320. The summed E-state index contributed by atoms with van der Waals surface area (Å²) in [6.07, 6.45) is 4.69. The van der Waals surface area contributed by atoms with Gasteiger partial charge in [-0.15, -0.1) is 16.4 Å². The number of amides is 1. The predicted molar refractivity (Wildman–Crippen MR) is 117 cm³/mol. The summed E-state index contributed by atoms with van der Waals surface area (Å²) in [4.78, 5) is 32.0. The average molecular weight is 422 g/mol. The number of carbonyl (C=O) groups excluding carboxylic acids is 1. The van der Waals surface area contributed by atoms with Crippen molar-refractivity contribution < 1.29 is 4.79 Å². The van der Waals surface area contributed by atoms with Gasteiger partial charge in [-0.1, -0.05) is 36.8 Å². The van der Waals surface area contributed by atoms with Gasteiger partial charge in [0, 0.05) is 11.4 Å². The van der Waals surface area contributed by atoms with Gasteiger partial charge in [-0.25, -0.2) is 18.9 Å². The van der Waals surface area contributed by atoms with Gasteiger partial charge in [-0.3, -0.25) is 4.79 Å². The lowest BCUT2D eigenvalue weighted by atomic mass is 9.89. The molecule has 0 aliphatic heterocycles. The molecule has 1 aromatic carbocycles. The number of nitrogens with one attached hydrogen (secondary N) is 1. The summed E-state index contributed by atoms with van der Waals surface area (Å²) in [6, 6.07) is 7.98. The Balaban J connectivity index is 1.43. The highest BCUT2D eigenvalue weighted by Gasteiger charge is 2.24. The molecule has 1 atom stereocenters. The highest BCUT2D eigenvalue weighted by atomic mass is 32.1. The van der Waals surface area contributed by atoms with E-state index >= 15 is 0 Å². The predicted octanol–water partition coefficient (Wildman–Crippen LogP) is 2.86. The zero-order valence-corrected chi connectivity index (χ0v) is 17.8. The maximum atomic E-state index is 12.8. The van der Waals surface area contributed by atoms with E-state index in [1.54, 1.807) is 11.3 Å². The fraction of sp³-hybridized carbons (Fsp3) is 0.364. The molecule has 3 heterocycles. The molecule has 8 heteroatoms. The number of hydrogen-bond acceptors (Lipinski definition) is 5. The molecule has 0 saturated carbocycles. The molecule has 1 amide bonds. The van der Waals surface area contributed by atoms with Gasteiger partial charge < -0.3 is 5.32 Å². The van der Waals surface area contributed by atoms with Gasteiger partial charge in [0.05, 0.1) is 5.39 Å². The van der Waals surface area contributed by atoms with Crippen LogP contribution < -0.4 is 11.0 Å². The third-order valence-electron chi connectivity index (χ3n) is 5.78. The minimum atomic E-state index is -0.339. The molecule has 4 aromatic rings. The molecule has 154 valence electrons. The topological polar surface area (TPSA) is 81.3 Å². The van der Waals surface area contributed by atoms with Crippen LogP contribution in [-0.4, -0.2) is 25.1 Å². The minimum Gasteiger partial charge on any atom is -0.350 e. The first-order chi connectivity index (χ1) is 14.5. The molecule has 0 saturated heterocycles. The van der Waals surface area contributed by atoms with Crippen LogP contribution >= 0.6 is 11.3 Å². The summed E-state index contributed by atoms with van der Waals surface area (Å²) in [5, 5.41) is 8.36. The van der Waals surface area contributed by atoms with Gasteiger partial charge in [-0.2, -0.15) is 0 Å². The number of benzene rings is 1. The number of rotatable bonds is 4. The van der Waals surface area contributed by atoms with E-state index in [9.17, 15) is 9.59 Å². The molecular weight excluding hydrogens is 398 g/mol. The first kappa shape index (κ1) is 19.0. The lowest BCUT2D eigenvalue weighted by Gasteiger charge is -2.17. The van der Waals surface area contributed by atoms with E-state index in [1.165, 1.54) is 31.4 Å². The van der Waals surface area contributed by atoms with Crippen LogP contribution in [-0.2, 0) is 30.7 Å². The van der Waals surface area contributed by atoms with E-state index in [-0.39, 0.29) is 18.1 Å². The van der Waals surface area contributed by atoms with Crippen molar-refractivity contribution in [2.24, 2.45) is 5.92 Å². The second kappa shape index (κ2) is 7.36. The Kier molecular flexibility index (Phi) is 4.66. The summed E-state index contributed by atoms with van der Waals surface area (Å²) in [6.45, 7) is 4.60. The van der Waals surface area contributed by atoms with Gasteiger partial charge in [-0.05, 0) is 43.2 Å². The van der Waals surface area contributed by atoms with Crippen LogP contribution in [0.5, 0.6) is 0 Å². The monoisotopic (exact) mass is 421 g/mol. The van der Waals surface area contributed by atoms with Gasteiger partial charge in [0.2, 0.25) is 5.91 Å². The lowest BCUT2D eigenvalue weighted by molar-refractivity contribution is -0.122. The van der Waals surface area contributed by atoms with Crippen molar-refractivity contribution in [3.8, 4) is 0 Å². The maximum absolute atomic E-state index is 12.8.